The molecule has 3 fully saturated rings. The number of anilines is 1. The van der Waals surface area contributed by atoms with E-state index in [4.69, 9.17) is 16.3 Å². The van der Waals surface area contributed by atoms with Crippen molar-refractivity contribution in [3.05, 3.63) is 23.2 Å². The van der Waals surface area contributed by atoms with Gasteiger partial charge < -0.3 is 19.9 Å². The number of rotatable bonds is 6. The lowest BCUT2D eigenvalue weighted by Crippen LogP contribution is -2.52. The highest BCUT2D eigenvalue weighted by Crippen LogP contribution is 2.35. The first kappa shape index (κ1) is 20.9. The molecule has 1 aromatic carbocycles. The maximum Gasteiger partial charge on any atom is 0.234 e. The van der Waals surface area contributed by atoms with Gasteiger partial charge >= 0.3 is 0 Å². The molecule has 162 valence electrons. The van der Waals surface area contributed by atoms with Crippen LogP contribution in [0.1, 0.15) is 19.3 Å². The fourth-order valence-corrected chi connectivity index (χ4v) is 4.23. The summed E-state index contributed by atoms with van der Waals surface area (Å²) in [6.07, 6.45) is 2.33. The van der Waals surface area contributed by atoms with E-state index < -0.39 is 0 Å². The first-order chi connectivity index (χ1) is 14.4. The second-order valence-electron chi connectivity index (χ2n) is 8.16. The maximum absolute atomic E-state index is 13.0. The molecule has 1 aromatic rings. The minimum atomic E-state index is -0.383. The van der Waals surface area contributed by atoms with Gasteiger partial charge in [-0.3, -0.25) is 19.3 Å². The van der Waals surface area contributed by atoms with Gasteiger partial charge in [-0.1, -0.05) is 11.6 Å². The molecule has 3 amide bonds. The molecule has 1 aliphatic carbocycles. The van der Waals surface area contributed by atoms with Gasteiger partial charge in [0.05, 0.1) is 25.3 Å². The first-order valence-corrected chi connectivity index (χ1v) is 10.8. The second kappa shape index (κ2) is 8.81. The highest BCUT2D eigenvalue weighted by molar-refractivity contribution is 6.31. The minimum absolute atomic E-state index is 0.00562. The molecule has 2 saturated heterocycles. The molecule has 1 atom stereocenters. The normalized spacial score (nSPS) is 22.3. The molecule has 2 aliphatic heterocycles. The van der Waals surface area contributed by atoms with Crippen molar-refractivity contribution in [1.29, 1.82) is 0 Å². The van der Waals surface area contributed by atoms with Crippen LogP contribution in [-0.2, 0) is 14.4 Å². The fourth-order valence-electron chi connectivity index (χ4n) is 4.07. The number of nitrogens with zero attached hydrogens (tertiary/aromatic N) is 3. The maximum atomic E-state index is 13.0. The molecule has 0 aromatic heterocycles. The van der Waals surface area contributed by atoms with Crippen LogP contribution < -0.4 is 15.0 Å². The number of carbonyl (C=O) groups is 3. The van der Waals surface area contributed by atoms with E-state index in [0.717, 1.165) is 12.8 Å². The average Bonchev–Trinajstić information content (AvgIpc) is 3.46. The van der Waals surface area contributed by atoms with Crippen LogP contribution in [0, 0.1) is 5.92 Å². The summed E-state index contributed by atoms with van der Waals surface area (Å²) in [7, 11) is 1.54. The predicted molar refractivity (Wildman–Crippen MR) is 113 cm³/mol. The Morgan fingerprint density at radius 3 is 2.60 bits per heavy atom. The number of hydrogen-bond acceptors (Lipinski definition) is 5. The summed E-state index contributed by atoms with van der Waals surface area (Å²) in [5.41, 5.74) is 0.594. The molecule has 4 rings (SSSR count). The summed E-state index contributed by atoms with van der Waals surface area (Å²) in [5, 5.41) is 3.50. The predicted octanol–water partition coefficient (Wildman–Crippen LogP) is 1.12. The zero-order valence-corrected chi connectivity index (χ0v) is 17.9. The van der Waals surface area contributed by atoms with Crippen molar-refractivity contribution in [1.82, 2.24) is 15.1 Å². The lowest BCUT2D eigenvalue weighted by atomic mass is 10.1. The van der Waals surface area contributed by atoms with E-state index in [1.165, 1.54) is 0 Å². The zero-order valence-electron chi connectivity index (χ0n) is 17.1. The van der Waals surface area contributed by atoms with Crippen molar-refractivity contribution in [3.8, 4) is 5.75 Å². The van der Waals surface area contributed by atoms with Crippen molar-refractivity contribution >= 4 is 35.0 Å². The number of methoxy groups -OCH3 is 1. The van der Waals surface area contributed by atoms with Crippen LogP contribution in [0.5, 0.6) is 5.75 Å². The number of amides is 3. The van der Waals surface area contributed by atoms with Crippen molar-refractivity contribution in [3.63, 3.8) is 0 Å². The minimum Gasteiger partial charge on any atom is -0.495 e. The van der Waals surface area contributed by atoms with E-state index >= 15 is 0 Å². The van der Waals surface area contributed by atoms with E-state index in [-0.39, 0.29) is 30.1 Å². The fraction of sp³-hybridized carbons (Fsp3) is 0.571. The summed E-state index contributed by atoms with van der Waals surface area (Å²) >= 11 is 6.10. The molecular formula is C21H27ClN4O4. The van der Waals surface area contributed by atoms with E-state index in [0.29, 0.717) is 61.8 Å². The van der Waals surface area contributed by atoms with E-state index in [1.807, 2.05) is 4.90 Å². The molecular weight excluding hydrogens is 408 g/mol. The van der Waals surface area contributed by atoms with Crippen molar-refractivity contribution < 1.29 is 19.1 Å². The molecule has 30 heavy (non-hydrogen) atoms. The van der Waals surface area contributed by atoms with Crippen molar-refractivity contribution in [2.24, 2.45) is 5.92 Å². The number of nitrogens with one attached hydrogen (secondary N) is 1. The Labute approximate surface area is 181 Å². The van der Waals surface area contributed by atoms with Crippen LogP contribution in [-0.4, -0.2) is 79.9 Å². The Hall–Kier alpha value is -2.32. The molecule has 1 N–H and O–H groups in total. The smallest absolute Gasteiger partial charge is 0.234 e. The van der Waals surface area contributed by atoms with E-state index in [2.05, 4.69) is 10.2 Å². The third-order valence-electron chi connectivity index (χ3n) is 5.90. The van der Waals surface area contributed by atoms with Gasteiger partial charge in [0.2, 0.25) is 17.7 Å². The topological polar surface area (TPSA) is 82.2 Å². The van der Waals surface area contributed by atoms with Gasteiger partial charge in [-0.05, 0) is 31.0 Å². The number of carbonyl (C=O) groups excluding carboxylic acids is 3. The van der Waals surface area contributed by atoms with E-state index in [9.17, 15) is 14.4 Å². The summed E-state index contributed by atoms with van der Waals surface area (Å²) < 4.78 is 5.36. The van der Waals surface area contributed by atoms with Gasteiger partial charge in [-0.2, -0.15) is 0 Å². The second-order valence-corrected chi connectivity index (χ2v) is 8.60. The highest BCUT2D eigenvalue weighted by Gasteiger charge is 2.39. The summed E-state index contributed by atoms with van der Waals surface area (Å²) in [6.45, 7) is 3.16. The van der Waals surface area contributed by atoms with Crippen LogP contribution in [0.15, 0.2) is 18.2 Å². The Morgan fingerprint density at radius 2 is 1.93 bits per heavy atom. The third kappa shape index (κ3) is 4.70. The monoisotopic (exact) mass is 434 g/mol. The lowest BCUT2D eigenvalue weighted by molar-refractivity contribution is -0.137. The van der Waals surface area contributed by atoms with Crippen LogP contribution in [0.4, 0.5) is 5.69 Å². The SMILES string of the molecule is COc1ccc(Cl)cc1N1C[C@H](C(=O)N2CCN(CC(=O)NC3CC3)CC2)CC1=O. The molecule has 2 heterocycles. The molecule has 1 saturated carbocycles. The number of hydrogen-bond donors (Lipinski definition) is 1. The highest BCUT2D eigenvalue weighted by atomic mass is 35.5. The molecule has 0 radical (unpaired) electrons. The summed E-state index contributed by atoms with van der Waals surface area (Å²) in [5.74, 6) is 0.118. The standard InChI is InChI=1S/C21H27ClN4O4/c1-30-18-5-2-15(22)11-17(18)26-12-14(10-20(26)28)21(29)25-8-6-24(7-9-25)13-19(27)23-16-3-4-16/h2,5,11,14,16H,3-4,6-10,12-13H2,1H3,(H,23,27)/t14-/m1/s1. The Kier molecular flexibility index (Phi) is 6.15. The molecule has 3 aliphatic rings. The van der Waals surface area contributed by atoms with E-state index in [1.54, 1.807) is 30.2 Å². The number of halogens is 1. The number of piperazine rings is 1. The number of ether oxygens (including phenoxy) is 1. The Bertz CT molecular complexity index is 836. The quantitative estimate of drug-likeness (QED) is 0.725. The van der Waals surface area contributed by atoms with Gasteiger partial charge in [0, 0.05) is 50.2 Å². The van der Waals surface area contributed by atoms with Gasteiger partial charge in [0.1, 0.15) is 5.75 Å². The lowest BCUT2D eigenvalue weighted by Gasteiger charge is -2.35. The van der Waals surface area contributed by atoms with Gasteiger partial charge in [0.15, 0.2) is 0 Å². The van der Waals surface area contributed by atoms with Crippen LogP contribution in [0.2, 0.25) is 5.02 Å². The number of benzene rings is 1. The third-order valence-corrected chi connectivity index (χ3v) is 6.13. The molecule has 0 bridgehead atoms. The summed E-state index contributed by atoms with van der Waals surface area (Å²) in [4.78, 5) is 43.1. The van der Waals surface area contributed by atoms with Gasteiger partial charge in [0.25, 0.3) is 0 Å². The van der Waals surface area contributed by atoms with Crippen LogP contribution in [0.25, 0.3) is 0 Å². The Balaban J connectivity index is 1.32. The molecule has 8 nitrogen and oxygen atoms in total. The van der Waals surface area contributed by atoms with Crippen LogP contribution >= 0.6 is 11.6 Å². The molecule has 9 heteroatoms. The summed E-state index contributed by atoms with van der Waals surface area (Å²) in [6, 6.07) is 5.48. The van der Waals surface area contributed by atoms with Crippen molar-refractivity contribution in [2.45, 2.75) is 25.3 Å². The average molecular weight is 435 g/mol. The molecule has 0 unspecified atom stereocenters. The zero-order chi connectivity index (χ0) is 21.3. The first-order valence-electron chi connectivity index (χ1n) is 10.4. The van der Waals surface area contributed by atoms with Crippen molar-refractivity contribution in [2.75, 3.05) is 51.3 Å². The molecule has 0 spiro atoms. The largest absolute Gasteiger partial charge is 0.495 e. The Morgan fingerprint density at radius 1 is 1.20 bits per heavy atom. The van der Waals surface area contributed by atoms with Crippen LogP contribution in [0.3, 0.4) is 0 Å². The van der Waals surface area contributed by atoms with Gasteiger partial charge in [-0.25, -0.2) is 0 Å². The van der Waals surface area contributed by atoms with Gasteiger partial charge in [-0.15, -0.1) is 0 Å².